The van der Waals surface area contributed by atoms with Gasteiger partial charge in [0.05, 0.1) is 19.0 Å². The molecule has 0 saturated carbocycles. The van der Waals surface area contributed by atoms with Crippen LogP contribution in [0.2, 0.25) is 0 Å². The first-order valence-electron chi connectivity index (χ1n) is 5.00. The second kappa shape index (κ2) is 6.43. The second-order valence-electron chi connectivity index (χ2n) is 3.88. The van der Waals surface area contributed by atoms with Crippen LogP contribution >= 0.6 is 0 Å². The summed E-state index contributed by atoms with van der Waals surface area (Å²) in [5.41, 5.74) is 4.90. The fourth-order valence-electron chi connectivity index (χ4n) is 1.08. The van der Waals surface area contributed by atoms with E-state index in [0.29, 0.717) is 0 Å². The van der Waals surface area contributed by atoms with E-state index < -0.39 is 37.0 Å². The van der Waals surface area contributed by atoms with Crippen LogP contribution in [0.3, 0.4) is 0 Å². The predicted octanol–water partition coefficient (Wildman–Crippen LogP) is -0.0931. The molecule has 0 aromatic carbocycles. The summed E-state index contributed by atoms with van der Waals surface area (Å²) in [7, 11) is 0. The Kier molecular flexibility index (Phi) is 5.94. The fraction of sp³-hybridized carbons (Fsp3) is 0.778. The Morgan fingerprint density at radius 2 is 1.82 bits per heavy atom. The van der Waals surface area contributed by atoms with E-state index in [0.717, 1.165) is 0 Å². The minimum absolute atomic E-state index is 0.154. The topological polar surface area (TPSA) is 84.2 Å². The molecule has 0 bridgehead atoms. The molecule has 5 nitrogen and oxygen atoms in total. The van der Waals surface area contributed by atoms with Gasteiger partial charge in [-0.05, 0) is 13.8 Å². The van der Waals surface area contributed by atoms with Crippen molar-refractivity contribution in [2.24, 2.45) is 5.73 Å². The summed E-state index contributed by atoms with van der Waals surface area (Å²) >= 11 is 0. The van der Waals surface area contributed by atoms with E-state index in [1.165, 1.54) is 0 Å². The van der Waals surface area contributed by atoms with Crippen molar-refractivity contribution in [1.29, 1.82) is 0 Å². The maximum Gasteiger partial charge on any atom is 0.401 e. The molecule has 0 aromatic rings. The third kappa shape index (κ3) is 8.49. The molecule has 1 atom stereocenters. The fourth-order valence-corrected chi connectivity index (χ4v) is 1.08. The molecule has 0 radical (unpaired) electrons. The number of amides is 2. The van der Waals surface area contributed by atoms with Gasteiger partial charge >= 0.3 is 6.18 Å². The average Bonchev–Trinajstić information content (AvgIpc) is 2.08. The molecule has 0 aliphatic rings. The van der Waals surface area contributed by atoms with Crippen LogP contribution in [-0.4, -0.2) is 36.6 Å². The zero-order valence-electron chi connectivity index (χ0n) is 9.60. The summed E-state index contributed by atoms with van der Waals surface area (Å²) in [5.74, 6) is -1.52. The quantitative estimate of drug-likeness (QED) is 0.620. The molecular weight excluding hydrogens is 239 g/mol. The number of nitrogens with one attached hydrogen (secondary N) is 2. The van der Waals surface area contributed by atoms with Gasteiger partial charge < -0.3 is 11.1 Å². The lowest BCUT2D eigenvalue weighted by molar-refractivity contribution is -0.134. The molecule has 17 heavy (non-hydrogen) atoms. The van der Waals surface area contributed by atoms with Gasteiger partial charge in [0.25, 0.3) is 0 Å². The number of hydrogen-bond acceptors (Lipinski definition) is 3. The monoisotopic (exact) mass is 255 g/mol. The lowest BCUT2D eigenvalue weighted by Gasteiger charge is -2.17. The van der Waals surface area contributed by atoms with Gasteiger partial charge in [-0.1, -0.05) is 0 Å². The number of hydrogen-bond donors (Lipinski definition) is 3. The molecule has 8 heteroatoms. The summed E-state index contributed by atoms with van der Waals surface area (Å²) in [6.45, 7) is 2.02. The minimum atomic E-state index is -4.46. The van der Waals surface area contributed by atoms with Crippen LogP contribution in [-0.2, 0) is 9.59 Å². The van der Waals surface area contributed by atoms with Crippen molar-refractivity contribution in [3.05, 3.63) is 0 Å². The predicted molar refractivity (Wildman–Crippen MR) is 54.9 cm³/mol. The van der Waals surface area contributed by atoms with Gasteiger partial charge in [0.1, 0.15) is 0 Å². The Hall–Kier alpha value is -1.31. The van der Waals surface area contributed by atoms with Crippen molar-refractivity contribution in [3.8, 4) is 0 Å². The van der Waals surface area contributed by atoms with Gasteiger partial charge in [0.2, 0.25) is 11.8 Å². The third-order valence-corrected chi connectivity index (χ3v) is 1.73. The summed E-state index contributed by atoms with van der Waals surface area (Å²) in [5, 5.41) is 4.36. The van der Waals surface area contributed by atoms with Crippen molar-refractivity contribution in [2.45, 2.75) is 38.5 Å². The molecule has 0 heterocycles. The van der Waals surface area contributed by atoms with Crippen molar-refractivity contribution in [3.63, 3.8) is 0 Å². The summed E-state index contributed by atoms with van der Waals surface area (Å²) in [4.78, 5) is 22.1. The number of alkyl halides is 3. The molecule has 0 spiro atoms. The van der Waals surface area contributed by atoms with Gasteiger partial charge in [-0.2, -0.15) is 13.2 Å². The van der Waals surface area contributed by atoms with E-state index in [1.807, 2.05) is 5.32 Å². The summed E-state index contributed by atoms with van der Waals surface area (Å²) < 4.78 is 35.7. The molecule has 0 aromatic heterocycles. The highest BCUT2D eigenvalue weighted by molar-refractivity contribution is 5.87. The first-order valence-corrected chi connectivity index (χ1v) is 5.00. The lowest BCUT2D eigenvalue weighted by atomic mass is 10.1. The standard InChI is InChI=1S/C9H16F3N3O2/c1-5(2)15-7(16)3-6(8(13)17)14-4-9(10,11)12/h5-6,14H,3-4H2,1-2H3,(H2,13,17)(H,15,16). The van der Waals surface area contributed by atoms with Crippen LogP contribution in [0.5, 0.6) is 0 Å². The van der Waals surface area contributed by atoms with Crippen LogP contribution in [0.15, 0.2) is 0 Å². The molecule has 1 unspecified atom stereocenters. The Bertz CT molecular complexity index is 279. The first-order chi connectivity index (χ1) is 7.61. The third-order valence-electron chi connectivity index (χ3n) is 1.73. The number of carbonyl (C=O) groups excluding carboxylic acids is 2. The normalized spacial score (nSPS) is 13.5. The highest BCUT2D eigenvalue weighted by atomic mass is 19.4. The summed E-state index contributed by atoms with van der Waals surface area (Å²) in [6, 6.07) is -1.48. The van der Waals surface area contributed by atoms with Crippen LogP contribution in [0, 0.1) is 0 Å². The van der Waals surface area contributed by atoms with E-state index in [2.05, 4.69) is 5.32 Å². The molecule has 0 aliphatic heterocycles. The minimum Gasteiger partial charge on any atom is -0.368 e. The van der Waals surface area contributed by atoms with E-state index >= 15 is 0 Å². The first kappa shape index (κ1) is 15.7. The zero-order valence-corrected chi connectivity index (χ0v) is 9.60. The van der Waals surface area contributed by atoms with Gasteiger partial charge in [-0.25, -0.2) is 0 Å². The van der Waals surface area contributed by atoms with E-state index in [-0.39, 0.29) is 6.04 Å². The molecular formula is C9H16F3N3O2. The number of primary amides is 1. The van der Waals surface area contributed by atoms with E-state index in [9.17, 15) is 22.8 Å². The number of rotatable bonds is 6. The Balaban J connectivity index is 4.26. The molecule has 0 aliphatic carbocycles. The smallest absolute Gasteiger partial charge is 0.368 e. The van der Waals surface area contributed by atoms with Crippen LogP contribution in [0.1, 0.15) is 20.3 Å². The van der Waals surface area contributed by atoms with Gasteiger partial charge in [0, 0.05) is 6.04 Å². The molecule has 2 amide bonds. The number of halogens is 3. The molecule has 0 fully saturated rings. The van der Waals surface area contributed by atoms with E-state index in [1.54, 1.807) is 13.8 Å². The number of carbonyl (C=O) groups is 2. The molecule has 0 saturated heterocycles. The van der Waals surface area contributed by atoms with Crippen molar-refractivity contribution in [1.82, 2.24) is 10.6 Å². The van der Waals surface area contributed by atoms with Gasteiger partial charge in [-0.3, -0.25) is 14.9 Å². The van der Waals surface area contributed by atoms with Crippen molar-refractivity contribution < 1.29 is 22.8 Å². The van der Waals surface area contributed by atoms with E-state index in [4.69, 9.17) is 5.73 Å². The molecule has 0 rings (SSSR count). The SMILES string of the molecule is CC(C)NC(=O)CC(NCC(F)(F)F)C(N)=O. The summed E-state index contributed by atoms with van der Waals surface area (Å²) in [6.07, 6.45) is -4.87. The Labute approximate surface area is 96.9 Å². The average molecular weight is 255 g/mol. The highest BCUT2D eigenvalue weighted by Crippen LogP contribution is 2.12. The molecule has 100 valence electrons. The second-order valence-corrected chi connectivity index (χ2v) is 3.88. The van der Waals surface area contributed by atoms with Crippen LogP contribution in [0.25, 0.3) is 0 Å². The maximum absolute atomic E-state index is 11.9. The number of nitrogens with two attached hydrogens (primary N) is 1. The molecule has 4 N–H and O–H groups in total. The van der Waals surface area contributed by atoms with Crippen LogP contribution < -0.4 is 16.4 Å². The lowest BCUT2D eigenvalue weighted by Crippen LogP contribution is -2.48. The van der Waals surface area contributed by atoms with Gasteiger partial charge in [-0.15, -0.1) is 0 Å². The van der Waals surface area contributed by atoms with Crippen molar-refractivity contribution >= 4 is 11.8 Å². The van der Waals surface area contributed by atoms with Crippen molar-refractivity contribution in [2.75, 3.05) is 6.54 Å². The largest absolute Gasteiger partial charge is 0.401 e. The highest BCUT2D eigenvalue weighted by Gasteiger charge is 2.30. The van der Waals surface area contributed by atoms with Gasteiger partial charge in [0.15, 0.2) is 0 Å². The van der Waals surface area contributed by atoms with Crippen LogP contribution in [0.4, 0.5) is 13.2 Å². The zero-order chi connectivity index (χ0) is 13.6. The Morgan fingerprint density at radius 1 is 1.29 bits per heavy atom. The Morgan fingerprint density at radius 3 is 2.18 bits per heavy atom. The maximum atomic E-state index is 11.9.